The lowest BCUT2D eigenvalue weighted by atomic mass is 10.1. The van der Waals surface area contributed by atoms with E-state index in [0.717, 1.165) is 23.7 Å². The van der Waals surface area contributed by atoms with Gasteiger partial charge >= 0.3 is 0 Å². The van der Waals surface area contributed by atoms with Crippen molar-refractivity contribution in [3.63, 3.8) is 0 Å². The zero-order valence-electron chi connectivity index (χ0n) is 16.3. The summed E-state index contributed by atoms with van der Waals surface area (Å²) in [7, 11) is 2.92. The van der Waals surface area contributed by atoms with Crippen LogP contribution in [0.4, 0.5) is 14.5 Å². The average Bonchev–Trinajstić information content (AvgIpc) is 3.24. The van der Waals surface area contributed by atoms with E-state index >= 15 is 0 Å². The number of amides is 1. The molecule has 0 unspecified atom stereocenters. The summed E-state index contributed by atoms with van der Waals surface area (Å²) in [6, 6.07) is 6.56. The molecule has 1 amide bonds. The number of ether oxygens (including phenoxy) is 2. The Morgan fingerprint density at radius 1 is 1.20 bits per heavy atom. The van der Waals surface area contributed by atoms with Crippen LogP contribution in [0.15, 0.2) is 30.3 Å². The van der Waals surface area contributed by atoms with Crippen molar-refractivity contribution in [2.75, 3.05) is 19.5 Å². The molecule has 5 rings (SSSR count). The van der Waals surface area contributed by atoms with Crippen molar-refractivity contribution in [3.05, 3.63) is 58.9 Å². The molecule has 2 atom stereocenters. The first-order valence-corrected chi connectivity index (χ1v) is 9.47. The molecule has 1 saturated carbocycles. The van der Waals surface area contributed by atoms with Crippen molar-refractivity contribution >= 4 is 11.6 Å². The molecule has 2 aromatic heterocycles. The fraction of sp³-hybridized carbons (Fsp3) is 0.286. The van der Waals surface area contributed by atoms with Gasteiger partial charge in [-0.2, -0.15) is 10.1 Å². The maximum Gasteiger partial charge on any atom is 0.276 e. The lowest BCUT2D eigenvalue weighted by Gasteiger charge is -2.10. The molecule has 0 saturated heterocycles. The highest BCUT2D eigenvalue weighted by Gasteiger charge is 2.50. The van der Waals surface area contributed by atoms with Crippen molar-refractivity contribution in [2.24, 2.45) is 5.92 Å². The van der Waals surface area contributed by atoms with E-state index in [1.54, 1.807) is 12.1 Å². The van der Waals surface area contributed by atoms with E-state index in [9.17, 15) is 13.6 Å². The van der Waals surface area contributed by atoms with Crippen LogP contribution in [0.3, 0.4) is 0 Å². The first kappa shape index (κ1) is 18.5. The second-order valence-electron chi connectivity index (χ2n) is 7.39. The van der Waals surface area contributed by atoms with Gasteiger partial charge in [-0.05, 0) is 37.0 Å². The average molecular weight is 412 g/mol. The number of aromatic nitrogens is 3. The Balaban J connectivity index is 1.53. The van der Waals surface area contributed by atoms with Crippen LogP contribution >= 0.6 is 0 Å². The summed E-state index contributed by atoms with van der Waals surface area (Å²) in [5, 5.41) is 7.18. The first-order valence-electron chi connectivity index (χ1n) is 9.47. The van der Waals surface area contributed by atoms with Crippen LogP contribution in [0.1, 0.15) is 34.1 Å². The third-order valence-corrected chi connectivity index (χ3v) is 5.60. The first-order chi connectivity index (χ1) is 14.5. The molecule has 0 radical (unpaired) electrons. The second-order valence-corrected chi connectivity index (χ2v) is 7.39. The Morgan fingerprint density at radius 3 is 2.77 bits per heavy atom. The number of hydrogen-bond acceptors (Lipinski definition) is 5. The quantitative estimate of drug-likeness (QED) is 0.694. The largest absolute Gasteiger partial charge is 0.481 e. The van der Waals surface area contributed by atoms with Crippen LogP contribution in [-0.4, -0.2) is 34.9 Å². The zero-order valence-corrected chi connectivity index (χ0v) is 16.3. The molecule has 7 nitrogen and oxygen atoms in total. The van der Waals surface area contributed by atoms with Crippen molar-refractivity contribution in [1.29, 1.82) is 0 Å². The summed E-state index contributed by atoms with van der Waals surface area (Å²) in [6.07, 6.45) is 1.70. The maximum absolute atomic E-state index is 14.4. The normalized spacial score (nSPS) is 18.5. The van der Waals surface area contributed by atoms with Gasteiger partial charge in [0.25, 0.3) is 5.91 Å². The molecule has 154 valence electrons. The SMILES string of the molecule is COc1ccc(NC(=O)c2nn(-c3ccc(F)cc3F)c3c2C[C@H]2C[C@@H]32)c(OC)n1. The minimum absolute atomic E-state index is 0.128. The number of rotatable bonds is 5. The van der Waals surface area contributed by atoms with Crippen molar-refractivity contribution in [2.45, 2.75) is 18.8 Å². The molecule has 3 aromatic rings. The van der Waals surface area contributed by atoms with Crippen LogP contribution in [0.25, 0.3) is 5.69 Å². The molecule has 2 aliphatic carbocycles. The van der Waals surface area contributed by atoms with Gasteiger partial charge in [0, 0.05) is 23.6 Å². The smallest absolute Gasteiger partial charge is 0.276 e. The number of fused-ring (bicyclic) bond motifs is 3. The highest BCUT2D eigenvalue weighted by Crippen LogP contribution is 2.57. The Kier molecular flexibility index (Phi) is 4.19. The molecule has 1 N–H and O–H groups in total. The minimum Gasteiger partial charge on any atom is -0.481 e. The van der Waals surface area contributed by atoms with Crippen molar-refractivity contribution < 1.29 is 23.0 Å². The van der Waals surface area contributed by atoms with Gasteiger partial charge in [0.15, 0.2) is 11.5 Å². The summed E-state index contributed by atoms with van der Waals surface area (Å²) in [4.78, 5) is 17.2. The van der Waals surface area contributed by atoms with Crippen LogP contribution in [0.2, 0.25) is 0 Å². The molecule has 2 aliphatic rings. The van der Waals surface area contributed by atoms with E-state index in [1.165, 1.54) is 31.0 Å². The van der Waals surface area contributed by atoms with Gasteiger partial charge in [0.2, 0.25) is 11.8 Å². The van der Waals surface area contributed by atoms with Gasteiger partial charge in [-0.3, -0.25) is 4.79 Å². The molecule has 1 fully saturated rings. The van der Waals surface area contributed by atoms with E-state index in [1.807, 2.05) is 0 Å². The number of carbonyl (C=O) groups excluding carboxylic acids is 1. The second kappa shape index (κ2) is 6.79. The molecule has 2 heterocycles. The predicted molar refractivity (Wildman–Crippen MR) is 103 cm³/mol. The maximum atomic E-state index is 14.4. The van der Waals surface area contributed by atoms with Gasteiger partial charge in [0.05, 0.1) is 19.9 Å². The summed E-state index contributed by atoms with van der Waals surface area (Å²) >= 11 is 0. The number of benzene rings is 1. The Hall–Kier alpha value is -3.49. The van der Waals surface area contributed by atoms with Crippen LogP contribution < -0.4 is 14.8 Å². The van der Waals surface area contributed by atoms with Crippen LogP contribution in [0.5, 0.6) is 11.8 Å². The Bertz CT molecular complexity index is 1180. The summed E-state index contributed by atoms with van der Waals surface area (Å²) in [5.41, 5.74) is 2.35. The summed E-state index contributed by atoms with van der Waals surface area (Å²) in [5.74, 6) is -0.599. The number of nitrogens with zero attached hydrogens (tertiary/aromatic N) is 3. The third kappa shape index (κ3) is 2.89. The number of pyridine rings is 1. The molecular weight excluding hydrogens is 394 g/mol. The number of carbonyl (C=O) groups is 1. The highest BCUT2D eigenvalue weighted by molar-refractivity contribution is 6.05. The van der Waals surface area contributed by atoms with E-state index in [4.69, 9.17) is 9.47 Å². The lowest BCUT2D eigenvalue weighted by Crippen LogP contribution is -2.16. The van der Waals surface area contributed by atoms with Gasteiger partial charge < -0.3 is 14.8 Å². The Morgan fingerprint density at radius 2 is 2.03 bits per heavy atom. The monoisotopic (exact) mass is 412 g/mol. The minimum atomic E-state index is -0.725. The van der Waals surface area contributed by atoms with E-state index in [0.29, 0.717) is 23.9 Å². The summed E-state index contributed by atoms with van der Waals surface area (Å²) < 4.78 is 39.5. The molecule has 1 aromatic carbocycles. The fourth-order valence-corrected chi connectivity index (χ4v) is 4.10. The molecule has 0 bridgehead atoms. The van der Waals surface area contributed by atoms with Gasteiger partial charge in [0.1, 0.15) is 17.2 Å². The fourth-order valence-electron chi connectivity index (χ4n) is 4.10. The highest BCUT2D eigenvalue weighted by atomic mass is 19.1. The predicted octanol–water partition coefficient (Wildman–Crippen LogP) is 3.47. The van der Waals surface area contributed by atoms with E-state index < -0.39 is 17.5 Å². The van der Waals surface area contributed by atoms with Crippen LogP contribution in [0, 0.1) is 17.6 Å². The van der Waals surface area contributed by atoms with Crippen LogP contribution in [-0.2, 0) is 6.42 Å². The topological polar surface area (TPSA) is 78.3 Å². The number of methoxy groups -OCH3 is 2. The molecule has 0 aliphatic heterocycles. The molecule has 9 heteroatoms. The standard InChI is InChI=1S/C21H18F2N4O3/c1-29-17-6-4-15(21(25-17)30-2)24-20(28)18-13-8-10-7-12(10)19(13)27(26-18)16-5-3-11(22)9-14(16)23/h3-6,9-10,12H,7-8H2,1-2H3,(H,24,28)/t10-,12-/m1/s1. The molecule has 30 heavy (non-hydrogen) atoms. The van der Waals surface area contributed by atoms with E-state index in [-0.39, 0.29) is 23.2 Å². The van der Waals surface area contributed by atoms with Crippen molar-refractivity contribution in [3.8, 4) is 17.4 Å². The van der Waals surface area contributed by atoms with Gasteiger partial charge in [-0.25, -0.2) is 13.5 Å². The number of nitrogens with one attached hydrogen (secondary N) is 1. The Labute approximate surface area is 170 Å². The molecular formula is C21H18F2N4O3. The number of anilines is 1. The van der Waals surface area contributed by atoms with Gasteiger partial charge in [-0.1, -0.05) is 0 Å². The zero-order chi connectivity index (χ0) is 21.0. The number of halogens is 2. The van der Waals surface area contributed by atoms with E-state index in [2.05, 4.69) is 15.4 Å². The number of hydrogen-bond donors (Lipinski definition) is 1. The van der Waals surface area contributed by atoms with Crippen molar-refractivity contribution in [1.82, 2.24) is 14.8 Å². The summed E-state index contributed by atoms with van der Waals surface area (Å²) in [6.45, 7) is 0. The third-order valence-electron chi connectivity index (χ3n) is 5.60. The molecule has 0 spiro atoms. The lowest BCUT2D eigenvalue weighted by molar-refractivity contribution is 0.102. The van der Waals surface area contributed by atoms with Gasteiger partial charge in [-0.15, -0.1) is 0 Å².